The number of nitriles is 1. The van der Waals surface area contributed by atoms with Crippen LogP contribution in [0.1, 0.15) is 44.1 Å². The lowest BCUT2D eigenvalue weighted by atomic mass is 9.98. The molecule has 7 heteroatoms. The van der Waals surface area contributed by atoms with E-state index >= 15 is 0 Å². The topological polar surface area (TPSA) is 108 Å². The molecule has 2 aliphatic rings. The predicted molar refractivity (Wildman–Crippen MR) is 114 cm³/mol. The van der Waals surface area contributed by atoms with E-state index in [4.69, 9.17) is 4.74 Å². The molecule has 1 aliphatic heterocycles. The first-order valence-electron chi connectivity index (χ1n) is 10.4. The fourth-order valence-electron chi connectivity index (χ4n) is 4.77. The first-order valence-corrected chi connectivity index (χ1v) is 10.4. The summed E-state index contributed by atoms with van der Waals surface area (Å²) in [4.78, 5) is 32.9. The third-order valence-electron chi connectivity index (χ3n) is 6.49. The van der Waals surface area contributed by atoms with E-state index in [1.165, 1.54) is 0 Å². The predicted octanol–water partition coefficient (Wildman–Crippen LogP) is 2.85. The maximum absolute atomic E-state index is 13.0. The molecule has 0 radical (unpaired) electrons. The van der Waals surface area contributed by atoms with Gasteiger partial charge in [-0.05, 0) is 41.5 Å². The quantitative estimate of drug-likeness (QED) is 0.603. The van der Waals surface area contributed by atoms with E-state index in [0.717, 1.165) is 29.7 Å². The highest BCUT2D eigenvalue weighted by Gasteiger charge is 2.54. The van der Waals surface area contributed by atoms with Crippen LogP contribution in [0.15, 0.2) is 36.5 Å². The number of fused-ring (bicyclic) bond motifs is 2. The van der Waals surface area contributed by atoms with Crippen molar-refractivity contribution < 1.29 is 14.3 Å². The van der Waals surface area contributed by atoms with Crippen LogP contribution in [0.25, 0.3) is 10.9 Å². The number of H-pyrrole nitrogens is 1. The van der Waals surface area contributed by atoms with E-state index in [1.807, 2.05) is 18.2 Å². The zero-order valence-electron chi connectivity index (χ0n) is 17.1. The Bertz CT molecular complexity index is 1230. The molecule has 0 bridgehead atoms. The van der Waals surface area contributed by atoms with Gasteiger partial charge in [0.2, 0.25) is 0 Å². The van der Waals surface area contributed by atoms with Crippen molar-refractivity contribution in [2.24, 2.45) is 17.8 Å². The van der Waals surface area contributed by atoms with Crippen molar-refractivity contribution in [3.63, 3.8) is 0 Å². The van der Waals surface area contributed by atoms with Crippen molar-refractivity contribution >= 4 is 22.6 Å². The number of pyridine rings is 1. The van der Waals surface area contributed by atoms with E-state index in [-0.39, 0.29) is 17.4 Å². The van der Waals surface area contributed by atoms with Gasteiger partial charge in [-0.25, -0.2) is 4.98 Å². The van der Waals surface area contributed by atoms with Gasteiger partial charge in [0.05, 0.1) is 18.8 Å². The van der Waals surface area contributed by atoms with Crippen LogP contribution in [0.5, 0.6) is 0 Å². The summed E-state index contributed by atoms with van der Waals surface area (Å²) < 4.78 is 5.42. The monoisotopic (exact) mass is 414 g/mol. The lowest BCUT2D eigenvalue weighted by Crippen LogP contribution is -2.21. The molecule has 156 valence electrons. The number of benzene rings is 1. The van der Waals surface area contributed by atoms with Crippen molar-refractivity contribution in [3.8, 4) is 6.07 Å². The Balaban J connectivity index is 1.48. The molecule has 31 heavy (non-hydrogen) atoms. The van der Waals surface area contributed by atoms with Crippen molar-refractivity contribution in [2.45, 2.75) is 12.8 Å². The third kappa shape index (κ3) is 3.49. The molecule has 1 aromatic carbocycles. The number of rotatable bonds is 6. The summed E-state index contributed by atoms with van der Waals surface area (Å²) in [6.45, 7) is 1.49. The highest BCUT2D eigenvalue weighted by molar-refractivity contribution is 6.00. The largest absolute Gasteiger partial charge is 0.381 e. The second-order valence-electron chi connectivity index (χ2n) is 8.30. The molecular formula is C24H22N4O3. The van der Waals surface area contributed by atoms with Crippen LogP contribution in [0.2, 0.25) is 0 Å². The molecule has 2 aromatic heterocycles. The molecule has 5 rings (SSSR count). The molecule has 1 unspecified atom stereocenters. The average molecular weight is 414 g/mol. The Labute approximate surface area is 179 Å². The number of hydrogen-bond donors (Lipinski definition) is 2. The molecular weight excluding hydrogens is 392 g/mol. The lowest BCUT2D eigenvalue weighted by Gasteiger charge is -2.10. The molecule has 2 N–H and O–H groups in total. The van der Waals surface area contributed by atoms with Gasteiger partial charge >= 0.3 is 0 Å². The van der Waals surface area contributed by atoms with Crippen LogP contribution in [-0.2, 0) is 11.2 Å². The molecule has 1 saturated heterocycles. The van der Waals surface area contributed by atoms with E-state index in [2.05, 4.69) is 21.4 Å². The van der Waals surface area contributed by atoms with Gasteiger partial charge in [-0.2, -0.15) is 5.26 Å². The summed E-state index contributed by atoms with van der Waals surface area (Å²) in [5, 5.41) is 12.9. The minimum atomic E-state index is -0.329. The van der Waals surface area contributed by atoms with Crippen LogP contribution in [0.3, 0.4) is 0 Å². The first-order chi connectivity index (χ1) is 15.1. The number of nitrogens with one attached hydrogen (secondary N) is 2. The van der Waals surface area contributed by atoms with Crippen molar-refractivity contribution in [1.82, 2.24) is 15.3 Å². The van der Waals surface area contributed by atoms with Gasteiger partial charge in [-0.1, -0.05) is 12.1 Å². The zero-order chi connectivity index (χ0) is 21.5. The van der Waals surface area contributed by atoms with Gasteiger partial charge < -0.3 is 15.0 Å². The number of aromatic nitrogens is 2. The van der Waals surface area contributed by atoms with Crippen LogP contribution in [0.4, 0.5) is 0 Å². The summed E-state index contributed by atoms with van der Waals surface area (Å²) >= 11 is 0. The number of amides is 1. The van der Waals surface area contributed by atoms with Gasteiger partial charge in [-0.3, -0.25) is 9.59 Å². The van der Waals surface area contributed by atoms with Gasteiger partial charge in [0.25, 0.3) is 5.91 Å². The SMILES string of the molecule is CNC(=O)c1cc(C(=O)CC2[C@H]3COC[C@@H]23)cc(Cc2cccc3[nH]cc(C#N)c23)n1. The average Bonchev–Trinajstić information content (AvgIpc) is 3.16. The van der Waals surface area contributed by atoms with Gasteiger partial charge in [0.1, 0.15) is 11.8 Å². The summed E-state index contributed by atoms with van der Waals surface area (Å²) in [6, 6.07) is 11.3. The minimum Gasteiger partial charge on any atom is -0.381 e. The van der Waals surface area contributed by atoms with E-state index in [9.17, 15) is 14.9 Å². The number of nitrogens with zero attached hydrogens (tertiary/aromatic N) is 2. The fraction of sp³-hybridized carbons (Fsp3) is 0.333. The number of carbonyl (C=O) groups is 2. The molecule has 3 heterocycles. The normalized spacial score (nSPS) is 21.5. The molecule has 2 fully saturated rings. The van der Waals surface area contributed by atoms with Crippen molar-refractivity contribution in [2.75, 3.05) is 20.3 Å². The smallest absolute Gasteiger partial charge is 0.269 e. The maximum Gasteiger partial charge on any atom is 0.269 e. The highest BCUT2D eigenvalue weighted by Crippen LogP contribution is 2.52. The Morgan fingerprint density at radius 2 is 2.10 bits per heavy atom. The number of carbonyl (C=O) groups excluding carboxylic acids is 2. The first kappa shape index (κ1) is 19.5. The van der Waals surface area contributed by atoms with E-state index < -0.39 is 0 Å². The number of hydrogen-bond acceptors (Lipinski definition) is 5. The van der Waals surface area contributed by atoms with Gasteiger partial charge in [0, 0.05) is 48.2 Å². The molecule has 3 aromatic rings. The Morgan fingerprint density at radius 3 is 2.84 bits per heavy atom. The van der Waals surface area contributed by atoms with Gasteiger partial charge in [0.15, 0.2) is 5.78 Å². The lowest BCUT2D eigenvalue weighted by molar-refractivity contribution is 0.0950. The van der Waals surface area contributed by atoms with Crippen molar-refractivity contribution in [1.29, 1.82) is 5.26 Å². The summed E-state index contributed by atoms with van der Waals surface area (Å²) in [5.74, 6) is 1.09. The molecule has 1 aliphatic carbocycles. The van der Waals surface area contributed by atoms with Crippen LogP contribution < -0.4 is 5.32 Å². The minimum absolute atomic E-state index is 0.0331. The van der Waals surface area contributed by atoms with Crippen LogP contribution >= 0.6 is 0 Å². The second-order valence-corrected chi connectivity index (χ2v) is 8.30. The van der Waals surface area contributed by atoms with Gasteiger partial charge in [-0.15, -0.1) is 0 Å². The second kappa shape index (κ2) is 7.64. The Hall–Kier alpha value is -3.50. The molecule has 1 amide bonds. The standard InChI is InChI=1S/C24H22N4O3/c1-26-24(30)21-7-14(22(29)8-17-18-11-31-12-19(17)18)6-16(28-21)5-13-3-2-4-20-23(13)15(9-25)10-27-20/h2-4,6-7,10,17-19,27H,5,8,11-12H2,1H3,(H,26,30)/t17?,18-,19+. The number of ether oxygens (including phenoxy) is 1. The number of aromatic amines is 1. The summed E-state index contributed by atoms with van der Waals surface area (Å²) in [6.07, 6.45) is 2.58. The molecule has 7 nitrogen and oxygen atoms in total. The van der Waals surface area contributed by atoms with Crippen LogP contribution in [-0.4, -0.2) is 41.9 Å². The van der Waals surface area contributed by atoms with Crippen molar-refractivity contribution in [3.05, 3.63) is 64.6 Å². The number of Topliss-reactive ketones (excluding diaryl/α,β-unsaturated/α-hetero) is 1. The summed E-state index contributed by atoms with van der Waals surface area (Å²) in [5.41, 5.74) is 3.72. The molecule has 1 saturated carbocycles. The summed E-state index contributed by atoms with van der Waals surface area (Å²) in [7, 11) is 1.54. The Morgan fingerprint density at radius 1 is 1.29 bits per heavy atom. The maximum atomic E-state index is 13.0. The molecule has 0 spiro atoms. The number of ketones is 1. The highest BCUT2D eigenvalue weighted by atomic mass is 16.5. The Kier molecular flexibility index (Phi) is 4.79. The zero-order valence-corrected chi connectivity index (χ0v) is 17.1. The third-order valence-corrected chi connectivity index (χ3v) is 6.49. The van der Waals surface area contributed by atoms with Crippen LogP contribution in [0, 0.1) is 29.1 Å². The van der Waals surface area contributed by atoms with E-state index in [0.29, 0.717) is 47.4 Å². The van der Waals surface area contributed by atoms with E-state index in [1.54, 1.807) is 25.4 Å². The fourth-order valence-corrected chi connectivity index (χ4v) is 4.77. The molecule has 3 atom stereocenters.